The highest BCUT2D eigenvalue weighted by molar-refractivity contribution is 7.92. The molecule has 1 fully saturated rings. The second kappa shape index (κ2) is 10.8. The van der Waals surface area contributed by atoms with Crippen LogP contribution in [0.3, 0.4) is 0 Å². The summed E-state index contributed by atoms with van der Waals surface area (Å²) in [6.45, 7) is 2.78. The summed E-state index contributed by atoms with van der Waals surface area (Å²) in [6.07, 6.45) is 0. The molecule has 1 saturated heterocycles. The van der Waals surface area contributed by atoms with Crippen LogP contribution in [0.4, 0.5) is 11.4 Å². The van der Waals surface area contributed by atoms with Gasteiger partial charge in [-0.3, -0.25) is 9.10 Å². The number of amides is 1. The molecule has 0 radical (unpaired) electrons. The van der Waals surface area contributed by atoms with Crippen molar-refractivity contribution in [3.05, 3.63) is 82.9 Å². The zero-order valence-electron chi connectivity index (χ0n) is 20.2. The third-order valence-electron chi connectivity index (χ3n) is 5.99. The summed E-state index contributed by atoms with van der Waals surface area (Å²) in [5.74, 6) is -0.678. The molecule has 3 aromatic carbocycles. The Morgan fingerprint density at radius 2 is 1.65 bits per heavy atom. The second-order valence-corrected chi connectivity index (χ2v) is 12.7. The van der Waals surface area contributed by atoms with Crippen molar-refractivity contribution < 1.29 is 26.4 Å². The van der Waals surface area contributed by atoms with Gasteiger partial charge in [-0.25, -0.2) is 16.8 Å². The number of nitrogens with zero attached hydrogens (tertiary/aromatic N) is 2. The fourth-order valence-electron chi connectivity index (χ4n) is 3.85. The number of carbonyl (C=O) groups excluding carboxylic acids is 1. The van der Waals surface area contributed by atoms with Crippen LogP contribution in [0.25, 0.3) is 0 Å². The number of rotatable bonds is 7. The summed E-state index contributed by atoms with van der Waals surface area (Å²) in [7, 11) is -6.36. The average molecular weight is 564 g/mol. The largest absolute Gasteiger partial charge is 0.379 e. The molecule has 9 nitrogen and oxygen atoms in total. The number of halogens is 1. The first-order valence-electron chi connectivity index (χ1n) is 11.4. The highest BCUT2D eigenvalue weighted by Gasteiger charge is 2.28. The Balaban J connectivity index is 1.62. The second-order valence-electron chi connectivity index (χ2n) is 8.40. The predicted octanol–water partition coefficient (Wildman–Crippen LogP) is 3.75. The smallest absolute Gasteiger partial charge is 0.264 e. The van der Waals surface area contributed by atoms with E-state index in [1.54, 1.807) is 49.4 Å². The average Bonchev–Trinajstić information content (AvgIpc) is 2.90. The van der Waals surface area contributed by atoms with Crippen LogP contribution < -0.4 is 9.62 Å². The molecule has 0 saturated carbocycles. The molecule has 0 bridgehead atoms. The van der Waals surface area contributed by atoms with Gasteiger partial charge in [0.05, 0.1) is 39.3 Å². The molecule has 3 aromatic rings. The first-order valence-corrected chi connectivity index (χ1v) is 14.6. The lowest BCUT2D eigenvalue weighted by molar-refractivity contribution is 0.0730. The lowest BCUT2D eigenvalue weighted by Gasteiger charge is -2.26. The Hall–Kier alpha value is -2.96. The molecule has 4 rings (SSSR count). The normalized spacial score (nSPS) is 14.8. The van der Waals surface area contributed by atoms with E-state index in [1.807, 2.05) is 0 Å². The zero-order chi connectivity index (χ0) is 26.8. The Morgan fingerprint density at radius 1 is 0.973 bits per heavy atom. The molecule has 0 atom stereocenters. The molecule has 37 heavy (non-hydrogen) atoms. The minimum absolute atomic E-state index is 0.0482. The van der Waals surface area contributed by atoms with Crippen molar-refractivity contribution in [2.45, 2.75) is 16.7 Å². The van der Waals surface area contributed by atoms with Crippen molar-refractivity contribution in [3.63, 3.8) is 0 Å². The maximum atomic E-state index is 13.2. The van der Waals surface area contributed by atoms with Gasteiger partial charge >= 0.3 is 0 Å². The SMILES string of the molecule is Cc1ccc(NC(=O)c2cc(S(=O)(=O)N(C)c3ccccc3)ccc2Cl)cc1S(=O)(=O)N1CCOCC1. The third-order valence-corrected chi connectivity index (χ3v) is 10.1. The Kier molecular flexibility index (Phi) is 7.91. The standard InChI is InChI=1S/C25H26ClN3O6S2/c1-18-8-9-19(16-24(18)37(33,34)29-12-14-35-15-13-29)27-25(30)22-17-21(10-11-23(22)26)36(31,32)28(2)20-6-4-3-5-7-20/h3-11,16-17H,12-15H2,1-2H3,(H,27,30). The summed E-state index contributed by atoms with van der Waals surface area (Å²) in [4.78, 5) is 13.1. The van der Waals surface area contributed by atoms with Gasteiger partial charge < -0.3 is 10.1 Å². The van der Waals surface area contributed by atoms with Crippen LogP contribution >= 0.6 is 11.6 Å². The lowest BCUT2D eigenvalue weighted by Crippen LogP contribution is -2.40. The van der Waals surface area contributed by atoms with E-state index < -0.39 is 26.0 Å². The predicted molar refractivity (Wildman–Crippen MR) is 142 cm³/mol. The van der Waals surface area contributed by atoms with Gasteiger partial charge in [0, 0.05) is 25.8 Å². The topological polar surface area (TPSA) is 113 Å². The molecule has 1 amide bonds. The van der Waals surface area contributed by atoms with Gasteiger partial charge in [-0.1, -0.05) is 35.9 Å². The van der Waals surface area contributed by atoms with E-state index in [1.165, 1.54) is 35.6 Å². The Labute approximate surface area is 221 Å². The number of nitrogens with one attached hydrogen (secondary N) is 1. The summed E-state index contributed by atoms with van der Waals surface area (Å²) in [6, 6.07) is 16.9. The highest BCUT2D eigenvalue weighted by atomic mass is 35.5. The van der Waals surface area contributed by atoms with Crippen LogP contribution in [0.15, 0.2) is 76.5 Å². The van der Waals surface area contributed by atoms with Gasteiger partial charge in [-0.2, -0.15) is 4.31 Å². The maximum Gasteiger partial charge on any atom is 0.264 e. The van der Waals surface area contributed by atoms with E-state index in [4.69, 9.17) is 16.3 Å². The summed E-state index contributed by atoms with van der Waals surface area (Å²) < 4.78 is 60.4. The number of morpholine rings is 1. The van der Waals surface area contributed by atoms with E-state index in [0.717, 1.165) is 4.31 Å². The fourth-order valence-corrected chi connectivity index (χ4v) is 6.94. The van der Waals surface area contributed by atoms with Crippen molar-refractivity contribution in [1.82, 2.24) is 4.31 Å². The van der Waals surface area contributed by atoms with E-state index in [-0.39, 0.29) is 39.2 Å². The van der Waals surface area contributed by atoms with Gasteiger partial charge in [-0.15, -0.1) is 0 Å². The maximum absolute atomic E-state index is 13.2. The van der Waals surface area contributed by atoms with Gasteiger partial charge in [0.1, 0.15) is 0 Å². The van der Waals surface area contributed by atoms with Crippen LogP contribution in [-0.2, 0) is 24.8 Å². The number of carbonyl (C=O) groups is 1. The van der Waals surface area contributed by atoms with Crippen LogP contribution in [0.2, 0.25) is 5.02 Å². The van der Waals surface area contributed by atoms with E-state index >= 15 is 0 Å². The van der Waals surface area contributed by atoms with Crippen molar-refractivity contribution in [2.75, 3.05) is 43.0 Å². The van der Waals surface area contributed by atoms with E-state index in [9.17, 15) is 21.6 Å². The van der Waals surface area contributed by atoms with Crippen LogP contribution in [0, 0.1) is 6.92 Å². The molecule has 0 unspecified atom stereocenters. The number of sulfonamides is 2. The molecule has 1 heterocycles. The molecular weight excluding hydrogens is 538 g/mol. The lowest BCUT2D eigenvalue weighted by atomic mass is 10.2. The molecular formula is C25H26ClN3O6S2. The number of para-hydroxylation sites is 1. The van der Waals surface area contributed by atoms with E-state index in [0.29, 0.717) is 24.5 Å². The molecule has 12 heteroatoms. The fraction of sp³-hybridized carbons (Fsp3) is 0.240. The number of hydrogen-bond acceptors (Lipinski definition) is 6. The molecule has 0 aromatic heterocycles. The molecule has 1 aliphatic rings. The molecule has 196 valence electrons. The number of anilines is 2. The number of aryl methyl sites for hydroxylation is 1. The van der Waals surface area contributed by atoms with Crippen LogP contribution in [-0.4, -0.2) is 60.4 Å². The third kappa shape index (κ3) is 5.65. The van der Waals surface area contributed by atoms with Gasteiger partial charge in [-0.05, 0) is 55.0 Å². The summed E-state index contributed by atoms with van der Waals surface area (Å²) in [5.41, 5.74) is 1.15. The Morgan fingerprint density at radius 3 is 2.32 bits per heavy atom. The van der Waals surface area contributed by atoms with Crippen molar-refractivity contribution in [2.24, 2.45) is 0 Å². The quantitative estimate of drug-likeness (QED) is 0.468. The zero-order valence-corrected chi connectivity index (χ0v) is 22.6. The van der Waals surface area contributed by atoms with Crippen molar-refractivity contribution in [1.29, 1.82) is 0 Å². The minimum atomic E-state index is -3.98. The molecule has 0 aliphatic carbocycles. The number of benzene rings is 3. The van der Waals surface area contributed by atoms with Crippen LogP contribution in [0.5, 0.6) is 0 Å². The van der Waals surface area contributed by atoms with Crippen molar-refractivity contribution in [3.8, 4) is 0 Å². The summed E-state index contributed by atoms with van der Waals surface area (Å²) >= 11 is 6.25. The van der Waals surface area contributed by atoms with Crippen LogP contribution in [0.1, 0.15) is 15.9 Å². The highest BCUT2D eigenvalue weighted by Crippen LogP contribution is 2.28. The Bertz CT molecular complexity index is 1520. The van der Waals surface area contributed by atoms with Gasteiger partial charge in [0.2, 0.25) is 10.0 Å². The molecule has 1 aliphatic heterocycles. The monoisotopic (exact) mass is 563 g/mol. The van der Waals surface area contributed by atoms with Gasteiger partial charge in [0.15, 0.2) is 0 Å². The molecule has 0 spiro atoms. The number of ether oxygens (including phenoxy) is 1. The molecule has 1 N–H and O–H groups in total. The first kappa shape index (κ1) is 27.1. The minimum Gasteiger partial charge on any atom is -0.379 e. The van der Waals surface area contributed by atoms with Crippen molar-refractivity contribution >= 4 is 48.9 Å². The van der Waals surface area contributed by atoms with Gasteiger partial charge in [0.25, 0.3) is 15.9 Å². The van der Waals surface area contributed by atoms with E-state index in [2.05, 4.69) is 5.32 Å². The first-order chi connectivity index (χ1) is 17.5. The summed E-state index contributed by atoms with van der Waals surface area (Å²) in [5, 5.41) is 2.69. The number of hydrogen-bond donors (Lipinski definition) is 1.